The van der Waals surface area contributed by atoms with Crippen molar-refractivity contribution in [1.29, 1.82) is 0 Å². The molecule has 0 spiro atoms. The highest BCUT2D eigenvalue weighted by Gasteiger charge is 2.01. The monoisotopic (exact) mass is 344 g/mol. The first-order valence-corrected chi connectivity index (χ1v) is 7.49. The summed E-state index contributed by atoms with van der Waals surface area (Å²) in [6.45, 7) is 2.71. The van der Waals surface area contributed by atoms with Crippen LogP contribution in [0.25, 0.3) is 0 Å². The second kappa shape index (κ2) is 10.6. The molecular formula is C19H20O6. The first-order valence-electron chi connectivity index (χ1n) is 7.49. The molecule has 0 atom stereocenters. The van der Waals surface area contributed by atoms with Crippen LogP contribution in [0.15, 0.2) is 54.6 Å². The van der Waals surface area contributed by atoms with E-state index in [0.717, 1.165) is 5.56 Å². The summed E-state index contributed by atoms with van der Waals surface area (Å²) in [4.78, 5) is 41.0. The molecule has 0 saturated carbocycles. The normalized spacial score (nSPS) is 9.24. The lowest BCUT2D eigenvalue weighted by molar-refractivity contribution is -0.210. The van der Waals surface area contributed by atoms with E-state index in [9.17, 15) is 14.4 Å². The van der Waals surface area contributed by atoms with Gasteiger partial charge in [-0.05, 0) is 36.8 Å². The van der Waals surface area contributed by atoms with Crippen LogP contribution in [0.1, 0.15) is 29.8 Å². The van der Waals surface area contributed by atoms with E-state index in [4.69, 9.17) is 0 Å². The number of rotatable bonds is 5. The number of carbonyl (C=O) groups excluding carboxylic acids is 3. The number of hydrogen-bond acceptors (Lipinski definition) is 6. The molecular weight excluding hydrogens is 324 g/mol. The van der Waals surface area contributed by atoms with Gasteiger partial charge in [0, 0.05) is 12.5 Å². The predicted octanol–water partition coefficient (Wildman–Crippen LogP) is 3.15. The molecule has 6 nitrogen and oxygen atoms in total. The van der Waals surface area contributed by atoms with E-state index in [1.54, 1.807) is 24.3 Å². The van der Waals surface area contributed by atoms with E-state index in [0.29, 0.717) is 17.7 Å². The number of ketones is 1. The zero-order valence-electron chi connectivity index (χ0n) is 14.4. The summed E-state index contributed by atoms with van der Waals surface area (Å²) in [5.74, 6) is -0.369. The first-order chi connectivity index (χ1) is 11.9. The Morgan fingerprint density at radius 1 is 0.880 bits per heavy atom. The Morgan fingerprint density at radius 3 is 1.96 bits per heavy atom. The van der Waals surface area contributed by atoms with Crippen LogP contribution in [0, 0.1) is 0 Å². The highest BCUT2D eigenvalue weighted by atomic mass is 17.2. The van der Waals surface area contributed by atoms with Gasteiger partial charge in [-0.2, -0.15) is 0 Å². The summed E-state index contributed by atoms with van der Waals surface area (Å²) in [5.41, 5.74) is 1.57. The summed E-state index contributed by atoms with van der Waals surface area (Å²) in [7, 11) is 1.39. The number of benzene rings is 2. The molecule has 0 aromatic heterocycles. The molecule has 2 aromatic rings. The van der Waals surface area contributed by atoms with E-state index in [-0.39, 0.29) is 11.8 Å². The van der Waals surface area contributed by atoms with Crippen molar-refractivity contribution in [2.75, 3.05) is 7.11 Å². The van der Waals surface area contributed by atoms with Crippen molar-refractivity contribution in [3.05, 3.63) is 65.7 Å². The smallest absolute Gasteiger partial charge is 0.352 e. The third-order valence-electron chi connectivity index (χ3n) is 2.94. The SMILES string of the molecule is CC(=O)OOc1ccc(C(C)=O)cc1.COC(=O)Cc1ccccc1. The van der Waals surface area contributed by atoms with Crippen LogP contribution in [-0.4, -0.2) is 24.8 Å². The quantitative estimate of drug-likeness (QED) is 0.359. The van der Waals surface area contributed by atoms with Gasteiger partial charge in [0.15, 0.2) is 11.5 Å². The highest BCUT2D eigenvalue weighted by molar-refractivity contribution is 5.94. The van der Waals surface area contributed by atoms with Gasteiger partial charge in [-0.15, -0.1) is 0 Å². The maximum absolute atomic E-state index is 10.9. The fraction of sp³-hybridized carbons (Fsp3) is 0.211. The number of Topliss-reactive ketones (excluding diaryl/α,β-unsaturated/α-hetero) is 1. The van der Waals surface area contributed by atoms with Crippen molar-refractivity contribution in [3.8, 4) is 5.75 Å². The van der Waals surface area contributed by atoms with Gasteiger partial charge in [0.1, 0.15) is 0 Å². The van der Waals surface area contributed by atoms with E-state index in [2.05, 4.69) is 14.5 Å². The molecule has 0 fully saturated rings. The summed E-state index contributed by atoms with van der Waals surface area (Å²) < 4.78 is 4.52. The molecule has 0 amide bonds. The molecule has 132 valence electrons. The molecule has 0 radical (unpaired) electrons. The zero-order valence-corrected chi connectivity index (χ0v) is 14.4. The number of ether oxygens (including phenoxy) is 1. The van der Waals surface area contributed by atoms with Crippen molar-refractivity contribution in [2.24, 2.45) is 0 Å². The summed E-state index contributed by atoms with van der Waals surface area (Å²) >= 11 is 0. The standard InChI is InChI=1S/C10H10O4.C9H10O2/c1-7(11)9-3-5-10(6-4-9)14-13-8(2)12;1-11-9(10)7-8-5-3-2-4-6-8/h3-6H,1-2H3;2-6H,7H2,1H3. The van der Waals surface area contributed by atoms with Crippen LogP contribution in [0.5, 0.6) is 5.75 Å². The maximum Gasteiger partial charge on any atom is 0.352 e. The zero-order chi connectivity index (χ0) is 18.7. The minimum Gasteiger partial charge on any atom is -0.469 e. The molecule has 0 unspecified atom stereocenters. The van der Waals surface area contributed by atoms with Gasteiger partial charge in [0.05, 0.1) is 13.5 Å². The average Bonchev–Trinajstić information content (AvgIpc) is 2.61. The van der Waals surface area contributed by atoms with Crippen molar-refractivity contribution >= 4 is 17.7 Å². The van der Waals surface area contributed by atoms with Crippen molar-refractivity contribution < 1.29 is 28.9 Å². The average molecular weight is 344 g/mol. The Bertz CT molecular complexity index is 692. The van der Waals surface area contributed by atoms with Crippen LogP contribution in [0.4, 0.5) is 0 Å². The molecule has 25 heavy (non-hydrogen) atoms. The molecule has 0 heterocycles. The Balaban J connectivity index is 0.000000257. The number of methoxy groups -OCH3 is 1. The molecule has 2 rings (SSSR count). The Morgan fingerprint density at radius 2 is 1.48 bits per heavy atom. The number of hydrogen-bond donors (Lipinski definition) is 0. The Labute approximate surface area is 146 Å². The van der Waals surface area contributed by atoms with Gasteiger partial charge in [0.25, 0.3) is 0 Å². The van der Waals surface area contributed by atoms with Crippen molar-refractivity contribution in [1.82, 2.24) is 0 Å². The summed E-state index contributed by atoms with van der Waals surface area (Å²) in [6, 6.07) is 15.8. The van der Waals surface area contributed by atoms with Crippen LogP contribution in [0.3, 0.4) is 0 Å². The van der Waals surface area contributed by atoms with E-state index in [1.165, 1.54) is 21.0 Å². The molecule has 0 aliphatic rings. The fourth-order valence-electron chi connectivity index (χ4n) is 1.69. The second-order valence-corrected chi connectivity index (χ2v) is 4.98. The summed E-state index contributed by atoms with van der Waals surface area (Å²) in [5, 5.41) is 0. The van der Waals surface area contributed by atoms with Gasteiger partial charge in [-0.25, -0.2) is 4.79 Å². The van der Waals surface area contributed by atoms with Crippen molar-refractivity contribution in [2.45, 2.75) is 20.3 Å². The van der Waals surface area contributed by atoms with Crippen molar-refractivity contribution in [3.63, 3.8) is 0 Å². The van der Waals surface area contributed by atoms with Gasteiger partial charge < -0.3 is 4.74 Å². The van der Waals surface area contributed by atoms with Gasteiger partial charge >= 0.3 is 11.9 Å². The topological polar surface area (TPSA) is 78.9 Å². The predicted molar refractivity (Wildman–Crippen MR) is 91.0 cm³/mol. The lowest BCUT2D eigenvalue weighted by Crippen LogP contribution is -2.03. The van der Waals surface area contributed by atoms with Crippen LogP contribution < -0.4 is 4.89 Å². The lowest BCUT2D eigenvalue weighted by Gasteiger charge is -2.02. The van der Waals surface area contributed by atoms with E-state index in [1.807, 2.05) is 30.3 Å². The van der Waals surface area contributed by atoms with Crippen LogP contribution in [0.2, 0.25) is 0 Å². The third-order valence-corrected chi connectivity index (χ3v) is 2.94. The molecule has 2 aromatic carbocycles. The molecule has 6 heteroatoms. The second-order valence-electron chi connectivity index (χ2n) is 4.98. The Hall–Kier alpha value is -3.15. The largest absolute Gasteiger partial charge is 0.469 e. The molecule has 0 N–H and O–H groups in total. The fourth-order valence-corrected chi connectivity index (χ4v) is 1.69. The van der Waals surface area contributed by atoms with Gasteiger partial charge in [-0.1, -0.05) is 30.3 Å². The first kappa shape index (κ1) is 19.9. The maximum atomic E-state index is 10.9. The van der Waals surface area contributed by atoms with Gasteiger partial charge in [0.2, 0.25) is 0 Å². The molecule has 0 saturated heterocycles. The molecule has 0 aliphatic heterocycles. The van der Waals surface area contributed by atoms with Gasteiger partial charge in [-0.3, -0.25) is 19.4 Å². The highest BCUT2D eigenvalue weighted by Crippen LogP contribution is 2.12. The Kier molecular flexibility index (Phi) is 8.43. The van der Waals surface area contributed by atoms with Crippen LogP contribution in [-0.2, 0) is 25.6 Å². The molecule has 0 bridgehead atoms. The summed E-state index contributed by atoms with van der Waals surface area (Å²) in [6.07, 6.45) is 0.358. The van der Waals surface area contributed by atoms with E-state index < -0.39 is 5.97 Å². The number of esters is 1. The lowest BCUT2D eigenvalue weighted by atomic mass is 10.1. The number of carbonyl (C=O) groups is 3. The third kappa shape index (κ3) is 8.31. The minimum atomic E-state index is -0.527. The van der Waals surface area contributed by atoms with E-state index >= 15 is 0 Å². The van der Waals surface area contributed by atoms with Crippen LogP contribution >= 0.6 is 0 Å². The minimum absolute atomic E-state index is 0.0240. The molecule has 0 aliphatic carbocycles.